The van der Waals surface area contributed by atoms with E-state index in [1.807, 2.05) is 98.8 Å². The van der Waals surface area contributed by atoms with Crippen LogP contribution in [0.5, 0.6) is 5.75 Å². The average Bonchev–Trinajstić information content (AvgIpc) is 3.05. The van der Waals surface area contributed by atoms with Gasteiger partial charge in [0.25, 0.3) is 0 Å². The van der Waals surface area contributed by atoms with Gasteiger partial charge in [0.15, 0.2) is 0 Å². The Morgan fingerprint density at radius 2 is 1.46 bits per heavy atom. The number of benzene rings is 4. The maximum absolute atomic E-state index is 14.3. The summed E-state index contributed by atoms with van der Waals surface area (Å²) < 4.78 is 33.2. The van der Waals surface area contributed by atoms with E-state index in [9.17, 15) is 18.0 Å². The van der Waals surface area contributed by atoms with Crippen LogP contribution in [-0.2, 0) is 39.2 Å². The molecule has 2 amide bonds. The van der Waals surface area contributed by atoms with Crippen molar-refractivity contribution in [2.75, 3.05) is 23.7 Å². The fraction of sp³-hybridized carbons (Fsp3) is 0.297. The first-order valence-corrected chi connectivity index (χ1v) is 17.4. The van der Waals surface area contributed by atoms with E-state index in [0.29, 0.717) is 24.6 Å². The van der Waals surface area contributed by atoms with Gasteiger partial charge in [0.1, 0.15) is 24.9 Å². The quantitative estimate of drug-likeness (QED) is 0.154. The molecule has 0 aromatic heterocycles. The number of unbranched alkanes of at least 4 members (excludes halogenated alkanes) is 1. The number of hydrogen-bond donors (Lipinski definition) is 1. The summed E-state index contributed by atoms with van der Waals surface area (Å²) in [5, 5.41) is 3.00. The smallest absolute Gasteiger partial charge is 0.244 e. The molecular weight excluding hydrogens is 598 g/mol. The number of carbonyl (C=O) groups excluding carboxylic acids is 2. The SMILES string of the molecule is CCCCNC(=O)C(Cc1ccccc1)N(Cc1cccc(C)c1)C(=O)CN(c1ccc(OCc2ccccc2)cc1)S(C)(=O)=O. The van der Waals surface area contributed by atoms with Crippen molar-refractivity contribution in [2.45, 2.75) is 52.3 Å². The molecule has 1 N–H and O–H groups in total. The normalized spacial score (nSPS) is 11.8. The van der Waals surface area contributed by atoms with Crippen molar-refractivity contribution in [1.82, 2.24) is 10.2 Å². The molecule has 0 saturated heterocycles. The second-order valence-electron chi connectivity index (χ2n) is 11.4. The van der Waals surface area contributed by atoms with Crippen molar-refractivity contribution in [3.63, 3.8) is 0 Å². The number of aryl methyl sites for hydroxylation is 1. The summed E-state index contributed by atoms with van der Waals surface area (Å²) in [4.78, 5) is 29.5. The number of carbonyl (C=O) groups is 2. The Morgan fingerprint density at radius 1 is 0.826 bits per heavy atom. The van der Waals surface area contributed by atoms with Crippen LogP contribution in [0, 0.1) is 6.92 Å². The van der Waals surface area contributed by atoms with Crippen molar-refractivity contribution < 1.29 is 22.7 Å². The lowest BCUT2D eigenvalue weighted by atomic mass is 10.0. The molecule has 4 aromatic carbocycles. The summed E-state index contributed by atoms with van der Waals surface area (Å²) >= 11 is 0. The van der Waals surface area contributed by atoms with E-state index in [1.165, 1.54) is 4.90 Å². The van der Waals surface area contributed by atoms with Gasteiger partial charge in [0.2, 0.25) is 21.8 Å². The van der Waals surface area contributed by atoms with Crippen LogP contribution in [0.25, 0.3) is 0 Å². The molecule has 8 nitrogen and oxygen atoms in total. The minimum Gasteiger partial charge on any atom is -0.489 e. The molecule has 0 bridgehead atoms. The fourth-order valence-electron chi connectivity index (χ4n) is 5.13. The van der Waals surface area contributed by atoms with Crippen LogP contribution < -0.4 is 14.4 Å². The minimum atomic E-state index is -3.87. The second-order valence-corrected chi connectivity index (χ2v) is 13.3. The number of amides is 2. The summed E-state index contributed by atoms with van der Waals surface area (Å²) in [5.41, 5.74) is 4.09. The monoisotopic (exact) mass is 641 g/mol. The molecule has 1 unspecified atom stereocenters. The maximum atomic E-state index is 14.3. The lowest BCUT2D eigenvalue weighted by Crippen LogP contribution is -2.53. The molecule has 46 heavy (non-hydrogen) atoms. The van der Waals surface area contributed by atoms with Gasteiger partial charge in [-0.3, -0.25) is 13.9 Å². The summed E-state index contributed by atoms with van der Waals surface area (Å²) in [6.07, 6.45) is 3.07. The van der Waals surface area contributed by atoms with Crippen molar-refractivity contribution in [3.8, 4) is 5.75 Å². The minimum absolute atomic E-state index is 0.142. The van der Waals surface area contributed by atoms with Crippen LogP contribution in [0.15, 0.2) is 109 Å². The molecule has 9 heteroatoms. The predicted molar refractivity (Wildman–Crippen MR) is 183 cm³/mol. The molecule has 4 rings (SSSR count). The largest absolute Gasteiger partial charge is 0.489 e. The van der Waals surface area contributed by atoms with E-state index >= 15 is 0 Å². The number of nitrogens with one attached hydrogen (secondary N) is 1. The standard InChI is InChI=1S/C37H43N3O5S/c1-4-5-23-38-37(42)35(25-30-14-8-6-9-15-30)39(26-32-18-12-13-29(2)24-32)36(41)27-40(46(3,43)44)33-19-21-34(22-20-33)45-28-31-16-10-7-11-17-31/h6-22,24,35H,4-5,23,25-28H2,1-3H3,(H,38,42). The highest BCUT2D eigenvalue weighted by molar-refractivity contribution is 7.92. The summed E-state index contributed by atoms with van der Waals surface area (Å²) in [5.74, 6) is -0.188. The van der Waals surface area contributed by atoms with Gasteiger partial charge < -0.3 is 15.0 Å². The fourth-order valence-corrected chi connectivity index (χ4v) is 5.98. The topological polar surface area (TPSA) is 96.0 Å². The molecule has 4 aromatic rings. The van der Waals surface area contributed by atoms with Crippen molar-refractivity contribution >= 4 is 27.5 Å². The van der Waals surface area contributed by atoms with Gasteiger partial charge >= 0.3 is 0 Å². The number of sulfonamides is 1. The Hall–Kier alpha value is -4.63. The predicted octanol–water partition coefficient (Wildman–Crippen LogP) is 5.90. The summed E-state index contributed by atoms with van der Waals surface area (Å²) in [6, 6.07) is 32.8. The second kappa shape index (κ2) is 16.6. The van der Waals surface area contributed by atoms with Gasteiger partial charge in [-0.05, 0) is 54.3 Å². The van der Waals surface area contributed by atoms with E-state index in [4.69, 9.17) is 4.74 Å². The Bertz CT molecular complexity index is 1660. The van der Waals surface area contributed by atoms with E-state index in [2.05, 4.69) is 5.32 Å². The third kappa shape index (κ3) is 10.2. The Balaban J connectivity index is 1.63. The molecule has 0 fully saturated rings. The molecule has 0 aliphatic carbocycles. The first kappa shape index (κ1) is 34.2. The van der Waals surface area contributed by atoms with Crippen LogP contribution in [0.3, 0.4) is 0 Å². The van der Waals surface area contributed by atoms with Gasteiger partial charge in [-0.1, -0.05) is 104 Å². The molecule has 1 atom stereocenters. The zero-order chi connectivity index (χ0) is 32.9. The number of anilines is 1. The molecule has 0 spiro atoms. The van der Waals surface area contributed by atoms with Crippen molar-refractivity contribution in [2.24, 2.45) is 0 Å². The zero-order valence-corrected chi connectivity index (χ0v) is 27.6. The van der Waals surface area contributed by atoms with Crippen LogP contribution in [0.2, 0.25) is 0 Å². The molecule has 0 aliphatic rings. The lowest BCUT2D eigenvalue weighted by Gasteiger charge is -2.33. The van der Waals surface area contributed by atoms with Crippen molar-refractivity contribution in [1.29, 1.82) is 0 Å². The number of nitrogens with zero attached hydrogens (tertiary/aromatic N) is 2. The van der Waals surface area contributed by atoms with E-state index in [1.54, 1.807) is 24.3 Å². The Morgan fingerprint density at radius 3 is 2.07 bits per heavy atom. The maximum Gasteiger partial charge on any atom is 0.244 e. The molecular formula is C37H43N3O5S. The van der Waals surface area contributed by atoms with E-state index in [-0.39, 0.29) is 18.9 Å². The lowest BCUT2D eigenvalue weighted by molar-refractivity contribution is -0.140. The van der Waals surface area contributed by atoms with Crippen LogP contribution in [-0.4, -0.2) is 50.5 Å². The average molecular weight is 642 g/mol. The molecule has 0 saturated carbocycles. The molecule has 0 heterocycles. The third-order valence-corrected chi connectivity index (χ3v) is 8.73. The highest BCUT2D eigenvalue weighted by Crippen LogP contribution is 2.24. The van der Waals surface area contributed by atoms with Gasteiger partial charge in [-0.25, -0.2) is 8.42 Å². The number of hydrogen-bond acceptors (Lipinski definition) is 5. The molecule has 0 aliphatic heterocycles. The van der Waals surface area contributed by atoms with Gasteiger partial charge in [-0.15, -0.1) is 0 Å². The zero-order valence-electron chi connectivity index (χ0n) is 26.8. The van der Waals surface area contributed by atoms with Gasteiger partial charge in [-0.2, -0.15) is 0 Å². The van der Waals surface area contributed by atoms with Crippen molar-refractivity contribution in [3.05, 3.63) is 131 Å². The van der Waals surface area contributed by atoms with Gasteiger partial charge in [0, 0.05) is 19.5 Å². The first-order valence-electron chi connectivity index (χ1n) is 15.5. The summed E-state index contributed by atoms with van der Waals surface area (Å²) in [6.45, 7) is 4.54. The summed E-state index contributed by atoms with van der Waals surface area (Å²) in [7, 11) is -3.87. The van der Waals surface area contributed by atoms with Crippen LogP contribution >= 0.6 is 0 Å². The molecule has 242 valence electrons. The Labute approximate surface area is 273 Å². The first-order chi connectivity index (χ1) is 22.1. The highest BCUT2D eigenvalue weighted by atomic mass is 32.2. The number of ether oxygens (including phenoxy) is 1. The Kier molecular flexibility index (Phi) is 12.4. The molecule has 0 radical (unpaired) electrons. The van der Waals surface area contributed by atoms with Crippen LogP contribution in [0.4, 0.5) is 5.69 Å². The van der Waals surface area contributed by atoms with E-state index < -0.39 is 28.5 Å². The third-order valence-electron chi connectivity index (χ3n) is 7.59. The van der Waals surface area contributed by atoms with Gasteiger partial charge in [0.05, 0.1) is 11.9 Å². The highest BCUT2D eigenvalue weighted by Gasteiger charge is 2.33. The van der Waals surface area contributed by atoms with Crippen LogP contribution in [0.1, 0.15) is 42.0 Å². The number of rotatable bonds is 16. The van der Waals surface area contributed by atoms with E-state index in [0.717, 1.165) is 45.7 Å².